The number of pyridine rings is 1. The largest absolute Gasteiger partial charge is 0.360 e. The summed E-state index contributed by atoms with van der Waals surface area (Å²) in [4.78, 5) is 42.3. The Morgan fingerprint density at radius 1 is 1.03 bits per heavy atom. The van der Waals surface area contributed by atoms with E-state index < -0.39 is 4.92 Å². The molecule has 0 saturated carbocycles. The van der Waals surface area contributed by atoms with Gasteiger partial charge in [0.05, 0.1) is 10.5 Å². The van der Waals surface area contributed by atoms with Crippen LogP contribution in [0.1, 0.15) is 26.3 Å². The van der Waals surface area contributed by atoms with Gasteiger partial charge in [0.2, 0.25) is 0 Å². The fourth-order valence-electron chi connectivity index (χ4n) is 3.15. The third-order valence-electron chi connectivity index (χ3n) is 4.70. The highest BCUT2D eigenvalue weighted by Gasteiger charge is 2.15. The zero-order chi connectivity index (χ0) is 21.8. The van der Waals surface area contributed by atoms with Crippen molar-refractivity contribution < 1.29 is 14.5 Å². The van der Waals surface area contributed by atoms with Crippen LogP contribution in [0.2, 0.25) is 0 Å². The van der Waals surface area contributed by atoms with Gasteiger partial charge >= 0.3 is 0 Å². The summed E-state index contributed by atoms with van der Waals surface area (Å²) in [6, 6.07) is 14.7. The summed E-state index contributed by atoms with van der Waals surface area (Å²) < 4.78 is 0. The Kier molecular flexibility index (Phi) is 5.39. The molecule has 0 spiro atoms. The molecule has 0 atom stereocenters. The number of carbonyl (C=O) groups is 2. The number of carbonyl (C=O) groups excluding carboxylic acids is 2. The molecule has 0 aliphatic rings. The fraction of sp³-hybridized carbons (Fsp3) is 0.0455. The number of rotatable bonds is 6. The minimum Gasteiger partial charge on any atom is -0.360 e. The number of H-pyrrole nitrogens is 1. The summed E-state index contributed by atoms with van der Waals surface area (Å²) in [7, 11) is 0. The van der Waals surface area contributed by atoms with Crippen LogP contribution in [0, 0.1) is 10.1 Å². The molecule has 2 aromatic carbocycles. The topological polar surface area (TPSA) is 130 Å². The number of nitrogens with zero attached hydrogens (tertiary/aromatic N) is 2. The molecule has 0 unspecified atom stereocenters. The van der Waals surface area contributed by atoms with Crippen molar-refractivity contribution in [3.05, 3.63) is 100.0 Å². The molecule has 0 bridgehead atoms. The number of nitrogens with one attached hydrogen (secondary N) is 3. The van der Waals surface area contributed by atoms with Gasteiger partial charge in [-0.1, -0.05) is 12.1 Å². The number of nitro groups is 1. The first-order chi connectivity index (χ1) is 15.0. The van der Waals surface area contributed by atoms with E-state index in [2.05, 4.69) is 20.6 Å². The van der Waals surface area contributed by atoms with E-state index in [1.165, 1.54) is 18.3 Å². The van der Waals surface area contributed by atoms with Crippen molar-refractivity contribution in [2.75, 3.05) is 5.32 Å². The lowest BCUT2D eigenvalue weighted by Gasteiger charge is -2.09. The molecule has 0 aliphatic carbocycles. The van der Waals surface area contributed by atoms with Gasteiger partial charge in [-0.2, -0.15) is 0 Å². The molecule has 2 aromatic heterocycles. The van der Waals surface area contributed by atoms with E-state index in [4.69, 9.17) is 0 Å². The fourth-order valence-corrected chi connectivity index (χ4v) is 3.15. The van der Waals surface area contributed by atoms with E-state index in [0.717, 1.165) is 5.56 Å². The smallest absolute Gasteiger partial charge is 0.270 e. The first-order valence-corrected chi connectivity index (χ1v) is 9.35. The summed E-state index contributed by atoms with van der Waals surface area (Å²) in [6.45, 7) is 0.222. The van der Waals surface area contributed by atoms with E-state index in [0.29, 0.717) is 27.7 Å². The van der Waals surface area contributed by atoms with Gasteiger partial charge in [0.1, 0.15) is 0 Å². The van der Waals surface area contributed by atoms with Crippen molar-refractivity contribution in [2.45, 2.75) is 6.54 Å². The van der Waals surface area contributed by atoms with Crippen molar-refractivity contribution >= 4 is 34.1 Å². The van der Waals surface area contributed by atoms with Gasteiger partial charge < -0.3 is 15.6 Å². The Morgan fingerprint density at radius 3 is 2.61 bits per heavy atom. The van der Waals surface area contributed by atoms with Crippen LogP contribution in [0.3, 0.4) is 0 Å². The Morgan fingerprint density at radius 2 is 1.84 bits per heavy atom. The van der Waals surface area contributed by atoms with Gasteiger partial charge in [0, 0.05) is 59.4 Å². The average molecular weight is 415 g/mol. The Hall–Kier alpha value is -4.53. The molecular weight excluding hydrogens is 398 g/mol. The van der Waals surface area contributed by atoms with Gasteiger partial charge in [-0.25, -0.2) is 0 Å². The van der Waals surface area contributed by atoms with Crippen LogP contribution >= 0.6 is 0 Å². The van der Waals surface area contributed by atoms with Gasteiger partial charge in [0.15, 0.2) is 0 Å². The van der Waals surface area contributed by atoms with Gasteiger partial charge in [-0.3, -0.25) is 24.7 Å². The molecule has 2 amide bonds. The molecule has 3 N–H and O–H groups in total. The van der Waals surface area contributed by atoms with Crippen LogP contribution in [-0.4, -0.2) is 26.7 Å². The second kappa shape index (κ2) is 8.46. The summed E-state index contributed by atoms with van der Waals surface area (Å²) in [5.74, 6) is -0.623. The van der Waals surface area contributed by atoms with E-state index in [9.17, 15) is 19.7 Å². The second-order valence-electron chi connectivity index (χ2n) is 6.76. The number of aromatic amines is 1. The van der Waals surface area contributed by atoms with E-state index in [-0.39, 0.29) is 24.0 Å². The predicted molar refractivity (Wildman–Crippen MR) is 115 cm³/mol. The standard InChI is InChI=1S/C22H17N5O4/c28-21(15-6-8-23-9-7-15)26-16-3-1-2-14(10-16)12-25-22(29)19-13-24-20-5-4-17(27(30)31)11-18(19)20/h1-11,13,24H,12H2,(H,25,29)(H,26,28). The van der Waals surface area contributed by atoms with Gasteiger partial charge in [-0.05, 0) is 35.9 Å². The van der Waals surface area contributed by atoms with Crippen LogP contribution in [-0.2, 0) is 6.54 Å². The van der Waals surface area contributed by atoms with Crippen LogP contribution in [0.5, 0.6) is 0 Å². The van der Waals surface area contributed by atoms with Crippen LogP contribution in [0.4, 0.5) is 11.4 Å². The third-order valence-corrected chi connectivity index (χ3v) is 4.70. The molecule has 154 valence electrons. The third kappa shape index (κ3) is 4.40. The monoisotopic (exact) mass is 415 g/mol. The number of benzene rings is 2. The van der Waals surface area contributed by atoms with Crippen molar-refractivity contribution in [1.29, 1.82) is 0 Å². The van der Waals surface area contributed by atoms with E-state index in [1.807, 2.05) is 6.07 Å². The van der Waals surface area contributed by atoms with Crippen molar-refractivity contribution in [1.82, 2.24) is 15.3 Å². The van der Waals surface area contributed by atoms with Crippen molar-refractivity contribution in [3.8, 4) is 0 Å². The molecule has 2 heterocycles. The first-order valence-electron chi connectivity index (χ1n) is 9.35. The highest BCUT2D eigenvalue weighted by atomic mass is 16.6. The molecule has 0 saturated heterocycles. The van der Waals surface area contributed by atoms with Gasteiger partial charge in [-0.15, -0.1) is 0 Å². The molecule has 9 nitrogen and oxygen atoms in total. The molecule has 0 aliphatic heterocycles. The number of non-ortho nitro benzene ring substituents is 1. The lowest BCUT2D eigenvalue weighted by Crippen LogP contribution is -2.22. The molecule has 31 heavy (non-hydrogen) atoms. The SMILES string of the molecule is O=C(Nc1cccc(CNC(=O)c2c[nH]c3ccc([N+](=O)[O-])cc23)c1)c1ccncc1. The minimum atomic E-state index is -0.500. The molecule has 9 heteroatoms. The van der Waals surface area contributed by atoms with Crippen LogP contribution in [0.15, 0.2) is 73.2 Å². The molecular formula is C22H17N5O4. The van der Waals surface area contributed by atoms with Crippen molar-refractivity contribution in [2.24, 2.45) is 0 Å². The zero-order valence-corrected chi connectivity index (χ0v) is 16.2. The molecule has 0 fully saturated rings. The minimum absolute atomic E-state index is 0.0845. The highest BCUT2D eigenvalue weighted by molar-refractivity contribution is 6.07. The molecule has 4 rings (SSSR count). The van der Waals surface area contributed by atoms with Gasteiger partial charge in [0.25, 0.3) is 17.5 Å². The number of hydrogen-bond donors (Lipinski definition) is 3. The summed E-state index contributed by atoms with van der Waals surface area (Å²) >= 11 is 0. The lowest BCUT2D eigenvalue weighted by molar-refractivity contribution is -0.384. The molecule has 4 aromatic rings. The zero-order valence-electron chi connectivity index (χ0n) is 16.2. The van der Waals surface area contributed by atoms with Crippen LogP contribution in [0.25, 0.3) is 10.9 Å². The number of fused-ring (bicyclic) bond motifs is 1. The normalized spacial score (nSPS) is 10.6. The summed E-state index contributed by atoms with van der Waals surface area (Å²) in [5.41, 5.74) is 2.74. The number of hydrogen-bond acceptors (Lipinski definition) is 5. The van der Waals surface area contributed by atoms with E-state index >= 15 is 0 Å². The Bertz CT molecular complexity index is 1280. The highest BCUT2D eigenvalue weighted by Crippen LogP contribution is 2.23. The maximum absolute atomic E-state index is 12.6. The lowest BCUT2D eigenvalue weighted by atomic mass is 10.1. The van der Waals surface area contributed by atoms with E-state index in [1.54, 1.807) is 48.8 Å². The number of anilines is 1. The number of nitro benzene ring substituents is 1. The Labute approximate surface area is 176 Å². The maximum atomic E-state index is 12.6. The maximum Gasteiger partial charge on any atom is 0.270 e. The number of aromatic nitrogens is 2. The first kappa shape index (κ1) is 19.8. The second-order valence-corrected chi connectivity index (χ2v) is 6.76. The quantitative estimate of drug-likeness (QED) is 0.327. The summed E-state index contributed by atoms with van der Waals surface area (Å²) in [5, 5.41) is 17.1. The van der Waals surface area contributed by atoms with Crippen molar-refractivity contribution in [3.63, 3.8) is 0 Å². The predicted octanol–water partition coefficient (Wildman–Crippen LogP) is 3.65. The molecule has 0 radical (unpaired) electrons. The number of amides is 2. The summed E-state index contributed by atoms with van der Waals surface area (Å²) in [6.07, 6.45) is 4.61. The van der Waals surface area contributed by atoms with Crippen LogP contribution < -0.4 is 10.6 Å². The average Bonchev–Trinajstić information content (AvgIpc) is 3.21. The Balaban J connectivity index is 1.45.